The van der Waals surface area contributed by atoms with Crippen LogP contribution >= 0.6 is 0 Å². The number of amides is 1. The van der Waals surface area contributed by atoms with Crippen LogP contribution in [0.4, 0.5) is 5.69 Å². The minimum Gasteiger partial charge on any atom is -0.496 e. The van der Waals surface area contributed by atoms with Gasteiger partial charge in [-0.2, -0.15) is 0 Å². The molecule has 4 aromatic rings. The van der Waals surface area contributed by atoms with Crippen molar-refractivity contribution in [1.29, 1.82) is 0 Å². The molecule has 0 aliphatic carbocycles. The maximum Gasteiger partial charge on any atom is 0.255 e. The van der Waals surface area contributed by atoms with Gasteiger partial charge >= 0.3 is 0 Å². The lowest BCUT2D eigenvalue weighted by atomic mass is 10.1. The number of hydrogen-bond donors (Lipinski definition) is 1. The van der Waals surface area contributed by atoms with Crippen LogP contribution in [0.1, 0.15) is 15.9 Å². The van der Waals surface area contributed by atoms with E-state index in [2.05, 4.69) is 10.3 Å². The molecule has 0 aliphatic rings. The van der Waals surface area contributed by atoms with E-state index >= 15 is 0 Å². The van der Waals surface area contributed by atoms with Gasteiger partial charge in [0.15, 0.2) is 5.58 Å². The summed E-state index contributed by atoms with van der Waals surface area (Å²) in [7, 11) is 1.61. The fourth-order valence-electron chi connectivity index (χ4n) is 2.93. The molecule has 1 aromatic heterocycles. The van der Waals surface area contributed by atoms with E-state index in [4.69, 9.17) is 9.15 Å². The molecule has 4 rings (SSSR count). The highest BCUT2D eigenvalue weighted by molar-refractivity contribution is 6.05. The zero-order chi connectivity index (χ0) is 18.8. The number of methoxy groups -OCH3 is 1. The predicted octanol–water partition coefficient (Wildman–Crippen LogP) is 5.06. The SMILES string of the molecule is COc1ccccc1-c1nc2ccc(NC(=O)c3cccc(C)c3)cc2o1. The summed E-state index contributed by atoms with van der Waals surface area (Å²) in [5, 5.41) is 2.90. The van der Waals surface area contributed by atoms with Crippen molar-refractivity contribution in [3.63, 3.8) is 0 Å². The first-order chi connectivity index (χ1) is 13.1. The molecule has 0 saturated carbocycles. The van der Waals surface area contributed by atoms with Crippen molar-refractivity contribution in [2.24, 2.45) is 0 Å². The molecule has 5 heteroatoms. The number of anilines is 1. The molecule has 0 saturated heterocycles. The minimum absolute atomic E-state index is 0.164. The van der Waals surface area contributed by atoms with Gasteiger partial charge < -0.3 is 14.5 Å². The fraction of sp³-hybridized carbons (Fsp3) is 0.0909. The Morgan fingerprint density at radius 3 is 2.70 bits per heavy atom. The number of carbonyl (C=O) groups excluding carboxylic acids is 1. The van der Waals surface area contributed by atoms with Crippen molar-refractivity contribution < 1.29 is 13.9 Å². The normalized spacial score (nSPS) is 10.7. The monoisotopic (exact) mass is 358 g/mol. The largest absolute Gasteiger partial charge is 0.496 e. The lowest BCUT2D eigenvalue weighted by Gasteiger charge is -2.05. The summed E-state index contributed by atoms with van der Waals surface area (Å²) < 4.78 is 11.3. The van der Waals surface area contributed by atoms with Gasteiger partial charge in [0.2, 0.25) is 5.89 Å². The second-order valence-corrected chi connectivity index (χ2v) is 6.23. The number of carbonyl (C=O) groups is 1. The molecule has 0 radical (unpaired) electrons. The number of rotatable bonds is 4. The highest BCUT2D eigenvalue weighted by atomic mass is 16.5. The third-order valence-electron chi connectivity index (χ3n) is 4.26. The summed E-state index contributed by atoms with van der Waals surface area (Å²) in [6.07, 6.45) is 0. The van der Waals surface area contributed by atoms with E-state index in [1.54, 1.807) is 19.2 Å². The molecule has 1 heterocycles. The number of para-hydroxylation sites is 1. The summed E-state index contributed by atoms with van der Waals surface area (Å²) >= 11 is 0. The summed E-state index contributed by atoms with van der Waals surface area (Å²) in [5.74, 6) is 1.00. The highest BCUT2D eigenvalue weighted by Crippen LogP contribution is 2.32. The van der Waals surface area contributed by atoms with Gasteiger partial charge in [-0.15, -0.1) is 0 Å². The molecule has 1 N–H and O–H groups in total. The molecule has 3 aromatic carbocycles. The number of aryl methyl sites for hydroxylation is 1. The number of nitrogens with zero attached hydrogens (tertiary/aromatic N) is 1. The van der Waals surface area contributed by atoms with Crippen molar-refractivity contribution in [1.82, 2.24) is 4.98 Å². The number of nitrogens with one attached hydrogen (secondary N) is 1. The van der Waals surface area contributed by atoms with Crippen LogP contribution < -0.4 is 10.1 Å². The third-order valence-corrected chi connectivity index (χ3v) is 4.26. The minimum atomic E-state index is -0.164. The summed E-state index contributed by atoms with van der Waals surface area (Å²) in [6.45, 7) is 1.96. The number of hydrogen-bond acceptors (Lipinski definition) is 4. The molecule has 27 heavy (non-hydrogen) atoms. The molecule has 0 fully saturated rings. The maximum absolute atomic E-state index is 12.4. The van der Waals surface area contributed by atoms with Crippen molar-refractivity contribution in [3.8, 4) is 17.2 Å². The summed E-state index contributed by atoms with van der Waals surface area (Å²) in [5.41, 5.74) is 4.39. The van der Waals surface area contributed by atoms with Crippen LogP contribution in [0.5, 0.6) is 5.75 Å². The van der Waals surface area contributed by atoms with Crippen molar-refractivity contribution >= 4 is 22.7 Å². The van der Waals surface area contributed by atoms with Crippen LogP contribution in [-0.2, 0) is 0 Å². The Balaban J connectivity index is 1.64. The first-order valence-electron chi connectivity index (χ1n) is 8.56. The van der Waals surface area contributed by atoms with Crippen LogP contribution in [0.15, 0.2) is 71.1 Å². The number of benzene rings is 3. The van der Waals surface area contributed by atoms with Crippen molar-refractivity contribution in [2.75, 3.05) is 12.4 Å². The van der Waals surface area contributed by atoms with E-state index in [9.17, 15) is 4.79 Å². The van der Waals surface area contributed by atoms with Crippen LogP contribution in [0.2, 0.25) is 0 Å². The van der Waals surface area contributed by atoms with Crippen LogP contribution in [-0.4, -0.2) is 18.0 Å². The Morgan fingerprint density at radius 1 is 1.04 bits per heavy atom. The Labute approximate surface area is 156 Å². The van der Waals surface area contributed by atoms with Crippen LogP contribution in [0, 0.1) is 6.92 Å². The Hall–Kier alpha value is -3.60. The van der Waals surface area contributed by atoms with E-state index in [0.29, 0.717) is 34.0 Å². The first kappa shape index (κ1) is 16.8. The van der Waals surface area contributed by atoms with Gasteiger partial charge in [-0.1, -0.05) is 29.8 Å². The summed E-state index contributed by atoms with van der Waals surface area (Å²) in [6, 6.07) is 20.4. The maximum atomic E-state index is 12.4. The molecular weight excluding hydrogens is 340 g/mol. The highest BCUT2D eigenvalue weighted by Gasteiger charge is 2.14. The smallest absolute Gasteiger partial charge is 0.255 e. The van der Waals surface area contributed by atoms with E-state index in [-0.39, 0.29) is 5.91 Å². The predicted molar refractivity (Wildman–Crippen MR) is 105 cm³/mol. The molecular formula is C22H18N2O3. The second-order valence-electron chi connectivity index (χ2n) is 6.23. The Kier molecular flexibility index (Phi) is 4.34. The van der Waals surface area contributed by atoms with Gasteiger partial charge in [0.25, 0.3) is 5.91 Å². The lowest BCUT2D eigenvalue weighted by Crippen LogP contribution is -2.11. The average molecular weight is 358 g/mol. The topological polar surface area (TPSA) is 64.4 Å². The van der Waals surface area contributed by atoms with E-state index < -0.39 is 0 Å². The van der Waals surface area contributed by atoms with Crippen LogP contribution in [0.25, 0.3) is 22.6 Å². The van der Waals surface area contributed by atoms with Gasteiger partial charge in [-0.25, -0.2) is 4.98 Å². The average Bonchev–Trinajstić information content (AvgIpc) is 3.11. The molecule has 134 valence electrons. The quantitative estimate of drug-likeness (QED) is 0.553. The second kappa shape index (κ2) is 6.96. The van der Waals surface area contributed by atoms with E-state index in [0.717, 1.165) is 11.1 Å². The van der Waals surface area contributed by atoms with E-state index in [1.165, 1.54) is 0 Å². The Morgan fingerprint density at radius 2 is 1.89 bits per heavy atom. The van der Waals surface area contributed by atoms with Gasteiger partial charge in [0.05, 0.1) is 12.7 Å². The molecule has 0 bridgehead atoms. The van der Waals surface area contributed by atoms with Gasteiger partial charge in [-0.3, -0.25) is 4.79 Å². The number of oxazole rings is 1. The van der Waals surface area contributed by atoms with Gasteiger partial charge in [0.1, 0.15) is 11.3 Å². The fourth-order valence-corrected chi connectivity index (χ4v) is 2.93. The number of ether oxygens (including phenoxy) is 1. The van der Waals surface area contributed by atoms with Gasteiger partial charge in [0, 0.05) is 17.3 Å². The zero-order valence-corrected chi connectivity index (χ0v) is 15.0. The molecule has 0 aliphatic heterocycles. The third kappa shape index (κ3) is 3.40. The van der Waals surface area contributed by atoms with Crippen molar-refractivity contribution in [2.45, 2.75) is 6.92 Å². The zero-order valence-electron chi connectivity index (χ0n) is 15.0. The van der Waals surface area contributed by atoms with Crippen molar-refractivity contribution in [3.05, 3.63) is 77.9 Å². The standard InChI is InChI=1S/C22H18N2O3/c1-14-6-5-7-15(12-14)21(25)23-16-10-11-18-20(13-16)27-22(24-18)17-8-3-4-9-19(17)26-2/h3-13H,1-2H3,(H,23,25). The number of fused-ring (bicyclic) bond motifs is 1. The van der Waals surface area contributed by atoms with E-state index in [1.807, 2.05) is 61.5 Å². The molecule has 0 unspecified atom stereocenters. The lowest BCUT2D eigenvalue weighted by molar-refractivity contribution is 0.102. The molecule has 1 amide bonds. The molecule has 0 spiro atoms. The Bertz CT molecular complexity index is 1130. The number of aromatic nitrogens is 1. The molecule has 5 nitrogen and oxygen atoms in total. The van der Waals surface area contributed by atoms with Crippen LogP contribution in [0.3, 0.4) is 0 Å². The summed E-state index contributed by atoms with van der Waals surface area (Å²) in [4.78, 5) is 17.0. The van der Waals surface area contributed by atoms with Gasteiger partial charge in [-0.05, 0) is 43.3 Å². The molecule has 0 atom stereocenters. The first-order valence-corrected chi connectivity index (χ1v) is 8.56.